The Labute approximate surface area is 104 Å². The zero-order valence-electron chi connectivity index (χ0n) is 9.97. The Morgan fingerprint density at radius 3 is 3.06 bits per heavy atom. The average molecular weight is 245 g/mol. The lowest BCUT2D eigenvalue weighted by Gasteiger charge is -2.12. The molecule has 0 bridgehead atoms. The maximum Gasteiger partial charge on any atom is 0.255 e. The summed E-state index contributed by atoms with van der Waals surface area (Å²) in [5.74, 6) is -0.113. The third-order valence-electron chi connectivity index (χ3n) is 3.58. The van der Waals surface area contributed by atoms with Crippen LogP contribution in [0.25, 0.3) is 5.52 Å². The van der Waals surface area contributed by atoms with E-state index in [2.05, 4.69) is 15.4 Å². The van der Waals surface area contributed by atoms with Crippen molar-refractivity contribution in [2.24, 2.45) is 11.1 Å². The van der Waals surface area contributed by atoms with Gasteiger partial charge in [-0.2, -0.15) is 5.10 Å². The molecule has 18 heavy (non-hydrogen) atoms. The van der Waals surface area contributed by atoms with Gasteiger partial charge >= 0.3 is 0 Å². The number of amides is 1. The number of carbonyl (C=O) groups is 1. The molecule has 0 spiro atoms. The van der Waals surface area contributed by atoms with E-state index in [9.17, 15) is 4.79 Å². The van der Waals surface area contributed by atoms with E-state index in [4.69, 9.17) is 5.73 Å². The summed E-state index contributed by atoms with van der Waals surface area (Å²) in [7, 11) is 0. The van der Waals surface area contributed by atoms with Crippen molar-refractivity contribution in [2.75, 3.05) is 13.1 Å². The van der Waals surface area contributed by atoms with Gasteiger partial charge in [0.15, 0.2) is 0 Å². The van der Waals surface area contributed by atoms with Gasteiger partial charge in [-0.15, -0.1) is 0 Å². The van der Waals surface area contributed by atoms with Gasteiger partial charge in [0, 0.05) is 24.4 Å². The lowest BCUT2D eigenvalue weighted by molar-refractivity contribution is 0.0947. The van der Waals surface area contributed by atoms with Gasteiger partial charge in [0.05, 0.1) is 23.5 Å². The van der Waals surface area contributed by atoms with Crippen LogP contribution in [0.4, 0.5) is 0 Å². The number of aromatic nitrogens is 3. The van der Waals surface area contributed by atoms with E-state index in [-0.39, 0.29) is 11.3 Å². The first-order valence-corrected chi connectivity index (χ1v) is 6.00. The van der Waals surface area contributed by atoms with Crippen molar-refractivity contribution in [3.63, 3.8) is 0 Å². The molecule has 1 amide bonds. The fraction of sp³-hybridized carbons (Fsp3) is 0.417. The first-order chi connectivity index (χ1) is 8.74. The molecule has 1 aliphatic rings. The molecular formula is C12H15N5O. The molecule has 1 aliphatic carbocycles. The molecule has 2 aromatic heterocycles. The molecule has 6 heteroatoms. The van der Waals surface area contributed by atoms with Crippen molar-refractivity contribution >= 4 is 11.4 Å². The highest BCUT2D eigenvalue weighted by Gasteiger charge is 2.41. The molecular weight excluding hydrogens is 230 g/mol. The van der Waals surface area contributed by atoms with Crippen molar-refractivity contribution in [3.8, 4) is 0 Å². The van der Waals surface area contributed by atoms with Crippen molar-refractivity contribution < 1.29 is 4.79 Å². The highest BCUT2D eigenvalue weighted by Crippen LogP contribution is 2.43. The first-order valence-electron chi connectivity index (χ1n) is 6.00. The maximum atomic E-state index is 12.1. The van der Waals surface area contributed by atoms with E-state index >= 15 is 0 Å². The van der Waals surface area contributed by atoms with Crippen LogP contribution in [0.1, 0.15) is 23.2 Å². The van der Waals surface area contributed by atoms with Gasteiger partial charge in [-0.1, -0.05) is 0 Å². The Balaban J connectivity index is 1.76. The minimum Gasteiger partial charge on any atom is -0.351 e. The quantitative estimate of drug-likeness (QED) is 0.805. The third kappa shape index (κ3) is 1.84. The van der Waals surface area contributed by atoms with E-state index in [1.807, 2.05) is 0 Å². The number of carbonyl (C=O) groups excluding carboxylic acids is 1. The van der Waals surface area contributed by atoms with Crippen molar-refractivity contribution in [1.82, 2.24) is 19.9 Å². The summed E-state index contributed by atoms with van der Waals surface area (Å²) in [5, 5.41) is 7.04. The number of hydrogen-bond acceptors (Lipinski definition) is 4. The molecule has 2 heterocycles. The van der Waals surface area contributed by atoms with Crippen LogP contribution < -0.4 is 11.1 Å². The minimum atomic E-state index is -0.113. The van der Waals surface area contributed by atoms with Crippen LogP contribution in [0.2, 0.25) is 0 Å². The molecule has 2 aromatic rings. The van der Waals surface area contributed by atoms with E-state index < -0.39 is 0 Å². The summed E-state index contributed by atoms with van der Waals surface area (Å²) in [5.41, 5.74) is 7.09. The highest BCUT2D eigenvalue weighted by atomic mass is 16.1. The van der Waals surface area contributed by atoms with E-state index in [1.165, 1.54) is 0 Å². The monoisotopic (exact) mass is 245 g/mol. The van der Waals surface area contributed by atoms with Gasteiger partial charge in [-0.25, -0.2) is 4.52 Å². The Bertz CT molecular complexity index is 587. The molecule has 1 fully saturated rings. The molecule has 3 rings (SSSR count). The minimum absolute atomic E-state index is 0.113. The van der Waals surface area contributed by atoms with Crippen LogP contribution in [-0.4, -0.2) is 33.6 Å². The van der Waals surface area contributed by atoms with Crippen LogP contribution in [0.3, 0.4) is 0 Å². The van der Waals surface area contributed by atoms with Crippen LogP contribution >= 0.6 is 0 Å². The zero-order chi connectivity index (χ0) is 12.6. The van der Waals surface area contributed by atoms with Crippen molar-refractivity contribution in [3.05, 3.63) is 30.4 Å². The Hall–Kier alpha value is -1.95. The molecule has 94 valence electrons. The summed E-state index contributed by atoms with van der Waals surface area (Å²) < 4.78 is 1.64. The van der Waals surface area contributed by atoms with E-state index in [0.29, 0.717) is 24.2 Å². The Morgan fingerprint density at radius 1 is 1.50 bits per heavy atom. The van der Waals surface area contributed by atoms with Crippen LogP contribution in [0.15, 0.2) is 24.8 Å². The summed E-state index contributed by atoms with van der Waals surface area (Å²) in [4.78, 5) is 16.1. The topological polar surface area (TPSA) is 85.3 Å². The number of nitrogens with one attached hydrogen (secondary N) is 1. The molecule has 0 saturated heterocycles. The average Bonchev–Trinajstić information content (AvgIpc) is 3.07. The van der Waals surface area contributed by atoms with E-state index in [0.717, 1.165) is 12.8 Å². The van der Waals surface area contributed by atoms with Gasteiger partial charge in [0.1, 0.15) is 0 Å². The predicted molar refractivity (Wildman–Crippen MR) is 66.0 cm³/mol. The molecule has 0 radical (unpaired) electrons. The summed E-state index contributed by atoms with van der Waals surface area (Å²) >= 11 is 0. The number of nitrogens with zero attached hydrogens (tertiary/aromatic N) is 3. The first kappa shape index (κ1) is 11.2. The van der Waals surface area contributed by atoms with Gasteiger partial charge in [-0.05, 0) is 19.4 Å². The van der Waals surface area contributed by atoms with Crippen LogP contribution in [-0.2, 0) is 0 Å². The molecule has 0 unspecified atom stereocenters. The van der Waals surface area contributed by atoms with Crippen LogP contribution in [0.5, 0.6) is 0 Å². The lowest BCUT2D eigenvalue weighted by Crippen LogP contribution is -2.33. The van der Waals surface area contributed by atoms with Crippen LogP contribution in [0, 0.1) is 5.41 Å². The zero-order valence-corrected chi connectivity index (χ0v) is 9.97. The van der Waals surface area contributed by atoms with Gasteiger partial charge < -0.3 is 11.1 Å². The normalized spacial score (nSPS) is 16.7. The summed E-state index contributed by atoms with van der Waals surface area (Å²) in [6.07, 6.45) is 8.75. The number of rotatable bonds is 4. The standard InChI is InChI=1S/C12H15N5O/c13-7-12(1-2-12)8-15-11(18)9-5-16-17-4-3-14-6-10(9)17/h3-6H,1-2,7-8,13H2,(H,15,18). The number of fused-ring (bicyclic) bond motifs is 1. The van der Waals surface area contributed by atoms with Gasteiger partial charge in [0.2, 0.25) is 0 Å². The molecule has 1 saturated carbocycles. The molecule has 6 nitrogen and oxygen atoms in total. The highest BCUT2D eigenvalue weighted by molar-refractivity contribution is 6.00. The SMILES string of the molecule is NCC1(CNC(=O)c2cnn3ccncc23)CC1. The summed E-state index contributed by atoms with van der Waals surface area (Å²) in [6, 6.07) is 0. The van der Waals surface area contributed by atoms with E-state index in [1.54, 1.807) is 29.3 Å². The second-order valence-corrected chi connectivity index (χ2v) is 4.85. The second-order valence-electron chi connectivity index (χ2n) is 4.85. The van der Waals surface area contributed by atoms with Gasteiger partial charge in [-0.3, -0.25) is 9.78 Å². The largest absolute Gasteiger partial charge is 0.351 e. The van der Waals surface area contributed by atoms with Crippen molar-refractivity contribution in [1.29, 1.82) is 0 Å². The molecule has 0 atom stereocenters. The molecule has 3 N–H and O–H groups in total. The fourth-order valence-electron chi connectivity index (χ4n) is 2.00. The summed E-state index contributed by atoms with van der Waals surface area (Å²) in [6.45, 7) is 1.27. The second kappa shape index (κ2) is 4.06. The third-order valence-corrected chi connectivity index (χ3v) is 3.58. The lowest BCUT2D eigenvalue weighted by atomic mass is 10.1. The van der Waals surface area contributed by atoms with Gasteiger partial charge in [0.25, 0.3) is 5.91 Å². The maximum absolute atomic E-state index is 12.1. The number of nitrogens with two attached hydrogens (primary N) is 1. The Morgan fingerprint density at radius 2 is 2.33 bits per heavy atom. The molecule has 0 aliphatic heterocycles. The fourth-order valence-corrected chi connectivity index (χ4v) is 2.00. The number of hydrogen-bond donors (Lipinski definition) is 2. The van der Waals surface area contributed by atoms with Crippen molar-refractivity contribution in [2.45, 2.75) is 12.8 Å². The Kier molecular flexibility index (Phi) is 2.52. The smallest absolute Gasteiger partial charge is 0.255 e. The predicted octanol–water partition coefficient (Wildman–Crippen LogP) is 0.198. The molecule has 0 aromatic carbocycles.